The second-order valence-corrected chi connectivity index (χ2v) is 6.41. The second kappa shape index (κ2) is 9.86. The average Bonchev–Trinajstić information content (AvgIpc) is 2.57. The smallest absolute Gasteiger partial charge is 0.328 e. The van der Waals surface area contributed by atoms with Crippen molar-refractivity contribution in [1.29, 1.82) is 0 Å². The van der Waals surface area contributed by atoms with E-state index in [0.29, 0.717) is 0 Å². The van der Waals surface area contributed by atoms with Gasteiger partial charge in [-0.1, -0.05) is 13.8 Å². The highest BCUT2D eigenvalue weighted by Gasteiger charge is 2.27. The minimum absolute atomic E-state index is 0.0188. The number of anilines is 2. The fourth-order valence-electron chi connectivity index (χ4n) is 1.95. The maximum absolute atomic E-state index is 12.5. The summed E-state index contributed by atoms with van der Waals surface area (Å²) in [6.07, 6.45) is 0. The van der Waals surface area contributed by atoms with Crippen molar-refractivity contribution in [2.24, 2.45) is 5.92 Å². The number of carbonyl (C=O) groups excluding carboxylic acids is 2. The number of carbonyl (C=O) groups is 3. The van der Waals surface area contributed by atoms with Crippen LogP contribution in [-0.2, 0) is 19.1 Å². The van der Waals surface area contributed by atoms with Crippen molar-refractivity contribution in [2.75, 3.05) is 17.7 Å². The van der Waals surface area contributed by atoms with Crippen LogP contribution in [0.5, 0.6) is 0 Å². The van der Waals surface area contributed by atoms with E-state index in [0.717, 1.165) is 0 Å². The summed E-state index contributed by atoms with van der Waals surface area (Å²) in [6.45, 7) is 6.48. The van der Waals surface area contributed by atoms with E-state index < -0.39 is 36.0 Å². The summed E-state index contributed by atoms with van der Waals surface area (Å²) in [5.74, 6) is -2.42. The number of carboxylic acids is 1. The van der Waals surface area contributed by atoms with Gasteiger partial charge < -0.3 is 25.8 Å². The van der Waals surface area contributed by atoms with Gasteiger partial charge in [-0.2, -0.15) is 15.0 Å². The van der Waals surface area contributed by atoms with E-state index in [2.05, 4.69) is 35.6 Å². The van der Waals surface area contributed by atoms with Crippen molar-refractivity contribution in [2.45, 2.75) is 45.8 Å². The number of carboxylic acid groups (broad SMARTS) is 1. The molecule has 0 radical (unpaired) electrons. The molecular weight excluding hydrogens is 380 g/mol. The molecule has 27 heavy (non-hydrogen) atoms. The number of methoxy groups -OCH3 is 1. The van der Waals surface area contributed by atoms with Gasteiger partial charge in [0.05, 0.1) is 7.11 Å². The molecule has 0 fully saturated rings. The maximum Gasteiger partial charge on any atom is 0.328 e. The van der Waals surface area contributed by atoms with Gasteiger partial charge in [-0.05, 0) is 31.4 Å². The summed E-state index contributed by atoms with van der Waals surface area (Å²) in [5, 5.41) is 16.7. The summed E-state index contributed by atoms with van der Waals surface area (Å²) in [4.78, 5) is 46.6. The Bertz CT molecular complexity index is 701. The number of ether oxygens (including phenoxy) is 1. The molecule has 0 saturated carbocycles. The molecule has 0 aliphatic carbocycles. The molecule has 0 spiro atoms. The Balaban J connectivity index is 2.96. The Morgan fingerprint density at radius 2 is 1.56 bits per heavy atom. The molecule has 11 nitrogen and oxygen atoms in total. The van der Waals surface area contributed by atoms with E-state index in [-0.39, 0.29) is 23.1 Å². The average molecular weight is 403 g/mol. The summed E-state index contributed by atoms with van der Waals surface area (Å²) in [5.41, 5.74) is 0. The number of hydrogen-bond donors (Lipinski definition) is 4. The fraction of sp³-hybridized carbons (Fsp3) is 0.600. The topological polar surface area (TPSA) is 155 Å². The largest absolute Gasteiger partial charge is 0.480 e. The van der Waals surface area contributed by atoms with E-state index >= 15 is 0 Å². The maximum atomic E-state index is 12.5. The van der Waals surface area contributed by atoms with Gasteiger partial charge >= 0.3 is 11.9 Å². The first-order valence-electron chi connectivity index (χ1n) is 8.10. The van der Waals surface area contributed by atoms with E-state index in [1.54, 1.807) is 13.8 Å². The van der Waals surface area contributed by atoms with Crippen molar-refractivity contribution in [3.8, 4) is 0 Å². The van der Waals surface area contributed by atoms with Gasteiger partial charge in [0, 0.05) is 0 Å². The third-order valence-electron chi connectivity index (χ3n) is 3.47. The summed E-state index contributed by atoms with van der Waals surface area (Å²) in [7, 11) is 1.22. The highest BCUT2D eigenvalue weighted by molar-refractivity contribution is 6.28. The lowest BCUT2D eigenvalue weighted by molar-refractivity contribution is -0.144. The van der Waals surface area contributed by atoms with Gasteiger partial charge in [-0.3, -0.25) is 9.59 Å². The number of nitrogens with one attached hydrogen (secondary N) is 3. The highest BCUT2D eigenvalue weighted by atomic mass is 35.5. The summed E-state index contributed by atoms with van der Waals surface area (Å²) in [6, 6.07) is -2.58. The van der Waals surface area contributed by atoms with Crippen LogP contribution in [0.25, 0.3) is 0 Å². The second-order valence-electron chi connectivity index (χ2n) is 6.08. The van der Waals surface area contributed by atoms with Crippen LogP contribution >= 0.6 is 11.6 Å². The molecule has 0 aromatic carbocycles. The minimum atomic E-state index is -1.10. The molecule has 0 aliphatic heterocycles. The molecule has 12 heteroatoms. The van der Waals surface area contributed by atoms with Crippen molar-refractivity contribution in [3.63, 3.8) is 0 Å². The summed E-state index contributed by atoms with van der Waals surface area (Å²) >= 11 is 5.85. The monoisotopic (exact) mass is 402 g/mol. The molecule has 1 amide bonds. The Labute approximate surface area is 161 Å². The molecule has 1 aromatic heterocycles. The molecule has 0 saturated heterocycles. The van der Waals surface area contributed by atoms with Crippen LogP contribution in [-0.4, -0.2) is 63.1 Å². The number of esters is 1. The molecule has 0 unspecified atom stereocenters. The molecule has 1 heterocycles. The van der Waals surface area contributed by atoms with E-state index in [1.807, 2.05) is 0 Å². The van der Waals surface area contributed by atoms with Gasteiger partial charge in [-0.15, -0.1) is 0 Å². The molecule has 1 aromatic rings. The zero-order valence-electron chi connectivity index (χ0n) is 15.6. The predicted octanol–water partition coefficient (Wildman–Crippen LogP) is 0.524. The van der Waals surface area contributed by atoms with Gasteiger partial charge in [0.25, 0.3) is 0 Å². The minimum Gasteiger partial charge on any atom is -0.480 e. The van der Waals surface area contributed by atoms with Crippen LogP contribution in [0.1, 0.15) is 27.7 Å². The van der Waals surface area contributed by atoms with E-state index in [4.69, 9.17) is 16.7 Å². The van der Waals surface area contributed by atoms with Crippen LogP contribution in [0.15, 0.2) is 0 Å². The van der Waals surface area contributed by atoms with Crippen molar-refractivity contribution in [3.05, 3.63) is 5.28 Å². The number of nitrogens with zero attached hydrogens (tertiary/aromatic N) is 3. The molecule has 4 N–H and O–H groups in total. The van der Waals surface area contributed by atoms with Gasteiger partial charge in [0.2, 0.25) is 23.1 Å². The third-order valence-corrected chi connectivity index (χ3v) is 3.64. The Morgan fingerprint density at radius 3 is 2.04 bits per heavy atom. The lowest BCUT2D eigenvalue weighted by Crippen LogP contribution is -2.49. The zero-order valence-corrected chi connectivity index (χ0v) is 16.4. The van der Waals surface area contributed by atoms with Crippen LogP contribution < -0.4 is 16.0 Å². The predicted molar refractivity (Wildman–Crippen MR) is 97.4 cm³/mol. The van der Waals surface area contributed by atoms with Crippen molar-refractivity contribution in [1.82, 2.24) is 20.3 Å². The normalized spacial score (nSPS) is 14.0. The van der Waals surface area contributed by atoms with Crippen molar-refractivity contribution >= 4 is 41.3 Å². The molecule has 3 atom stereocenters. The highest BCUT2D eigenvalue weighted by Crippen LogP contribution is 2.14. The Kier molecular flexibility index (Phi) is 8.16. The van der Waals surface area contributed by atoms with Crippen LogP contribution in [0, 0.1) is 5.92 Å². The van der Waals surface area contributed by atoms with Crippen LogP contribution in [0.2, 0.25) is 5.28 Å². The van der Waals surface area contributed by atoms with Crippen LogP contribution in [0.4, 0.5) is 11.9 Å². The Hall–Kier alpha value is -2.69. The number of halogens is 1. The first-order valence-corrected chi connectivity index (χ1v) is 8.48. The number of aromatic nitrogens is 3. The first-order chi connectivity index (χ1) is 12.5. The standard InChI is InChI=1S/C15H23ClN6O5/c1-6(2)9(10(23)17-8(4)12(26)27-5)19-15-21-13(16)20-14(22-15)18-7(3)11(24)25/h6-9H,1-5H3,(H,17,23)(H,24,25)(H2,18,19,20,21,22)/t7-,8-,9-/m0/s1. The molecular formula is C15H23ClN6O5. The van der Waals surface area contributed by atoms with E-state index in [1.165, 1.54) is 21.0 Å². The first kappa shape index (κ1) is 22.4. The van der Waals surface area contributed by atoms with Crippen LogP contribution in [0.3, 0.4) is 0 Å². The van der Waals surface area contributed by atoms with Gasteiger partial charge in [0.15, 0.2) is 0 Å². The number of amides is 1. The van der Waals surface area contributed by atoms with E-state index in [9.17, 15) is 14.4 Å². The third kappa shape index (κ3) is 6.85. The Morgan fingerprint density at radius 1 is 1.00 bits per heavy atom. The summed E-state index contributed by atoms with van der Waals surface area (Å²) < 4.78 is 4.58. The zero-order chi connectivity index (χ0) is 20.7. The van der Waals surface area contributed by atoms with Gasteiger partial charge in [0.1, 0.15) is 18.1 Å². The SMILES string of the molecule is COC(=O)[C@H](C)NC(=O)[C@@H](Nc1nc(Cl)nc(N[C@@H](C)C(=O)O)n1)C(C)C. The lowest BCUT2D eigenvalue weighted by atomic mass is 10.0. The fourth-order valence-corrected chi connectivity index (χ4v) is 2.11. The van der Waals surface area contributed by atoms with Crippen molar-refractivity contribution < 1.29 is 24.2 Å². The molecule has 0 bridgehead atoms. The lowest BCUT2D eigenvalue weighted by Gasteiger charge is -2.23. The number of hydrogen-bond acceptors (Lipinski definition) is 9. The number of aliphatic carboxylic acids is 1. The molecule has 0 aliphatic rings. The quantitative estimate of drug-likeness (QED) is 0.429. The van der Waals surface area contributed by atoms with Gasteiger partial charge in [-0.25, -0.2) is 4.79 Å². The molecule has 150 valence electrons. The number of rotatable bonds is 9. The molecule has 1 rings (SSSR count).